The fraction of sp³-hybridized carbons (Fsp3) is 0.179. The number of hydrogen-bond acceptors (Lipinski definition) is 7. The number of furan rings is 1. The summed E-state index contributed by atoms with van der Waals surface area (Å²) in [7, 11) is 1.57. The van der Waals surface area contributed by atoms with E-state index in [0.29, 0.717) is 48.5 Å². The number of hydrogen-bond donors (Lipinski definition) is 0. The van der Waals surface area contributed by atoms with E-state index >= 15 is 0 Å². The summed E-state index contributed by atoms with van der Waals surface area (Å²) in [6.07, 6.45) is 1.68. The zero-order valence-corrected chi connectivity index (χ0v) is 21.9. The Morgan fingerprint density at radius 1 is 1.19 bits per heavy atom. The molecule has 0 spiro atoms. The second kappa shape index (κ2) is 10.2. The Hall–Kier alpha value is -3.88. The first-order valence-corrected chi connectivity index (χ1v) is 12.8. The van der Waals surface area contributed by atoms with Crippen LogP contribution in [0.1, 0.15) is 31.2 Å². The summed E-state index contributed by atoms with van der Waals surface area (Å²) in [6.45, 7) is 3.70. The van der Waals surface area contributed by atoms with Gasteiger partial charge in [-0.15, -0.1) is 0 Å². The number of benzene rings is 2. The van der Waals surface area contributed by atoms with E-state index in [1.165, 1.54) is 15.9 Å². The highest BCUT2D eigenvalue weighted by Gasteiger charge is 2.33. The maximum atomic E-state index is 13.7. The van der Waals surface area contributed by atoms with Crippen LogP contribution in [0, 0.1) is 0 Å². The molecule has 0 bridgehead atoms. The second-order valence-corrected chi connectivity index (χ2v) is 9.74. The molecule has 3 heterocycles. The summed E-state index contributed by atoms with van der Waals surface area (Å²) in [4.78, 5) is 31.8. The van der Waals surface area contributed by atoms with Crippen LogP contribution < -0.4 is 19.6 Å². The number of rotatable bonds is 6. The number of thiazole rings is 1. The summed E-state index contributed by atoms with van der Waals surface area (Å²) in [6, 6.07) is 17.6. The van der Waals surface area contributed by atoms with Crippen LogP contribution in [0.15, 0.2) is 86.1 Å². The molecular weight excluding hydrogens is 512 g/mol. The van der Waals surface area contributed by atoms with Gasteiger partial charge in [-0.2, -0.15) is 0 Å². The van der Waals surface area contributed by atoms with Crippen molar-refractivity contribution in [2.24, 2.45) is 4.99 Å². The number of carbonyl (C=O) groups is 1. The first-order chi connectivity index (χ1) is 17.9. The van der Waals surface area contributed by atoms with Crippen molar-refractivity contribution in [1.82, 2.24) is 4.57 Å². The van der Waals surface area contributed by atoms with Gasteiger partial charge in [0.1, 0.15) is 17.3 Å². The van der Waals surface area contributed by atoms with Crippen molar-refractivity contribution in [3.05, 3.63) is 108 Å². The zero-order chi connectivity index (χ0) is 26.1. The third-order valence-corrected chi connectivity index (χ3v) is 7.15. The Morgan fingerprint density at radius 3 is 2.76 bits per heavy atom. The number of aromatic nitrogens is 1. The number of ether oxygens (including phenoxy) is 2. The summed E-state index contributed by atoms with van der Waals surface area (Å²) >= 11 is 7.34. The van der Waals surface area contributed by atoms with Crippen LogP contribution in [0.4, 0.5) is 0 Å². The van der Waals surface area contributed by atoms with Gasteiger partial charge in [-0.3, -0.25) is 9.36 Å². The Morgan fingerprint density at radius 2 is 2.00 bits per heavy atom. The van der Waals surface area contributed by atoms with Gasteiger partial charge in [0, 0.05) is 16.7 Å². The number of allylic oxidation sites excluding steroid dienone is 1. The molecule has 1 aliphatic heterocycles. The number of nitrogens with zero attached hydrogens (tertiary/aromatic N) is 2. The zero-order valence-electron chi connectivity index (χ0n) is 20.4. The van der Waals surface area contributed by atoms with Crippen LogP contribution in [0.3, 0.4) is 0 Å². The molecule has 0 fully saturated rings. The van der Waals surface area contributed by atoms with Gasteiger partial charge in [0.25, 0.3) is 5.56 Å². The van der Waals surface area contributed by atoms with Crippen LogP contribution >= 0.6 is 22.9 Å². The van der Waals surface area contributed by atoms with Crippen LogP contribution in [-0.2, 0) is 9.53 Å². The van der Waals surface area contributed by atoms with E-state index in [2.05, 4.69) is 4.99 Å². The van der Waals surface area contributed by atoms with Gasteiger partial charge in [0.05, 0.1) is 35.6 Å². The molecule has 0 amide bonds. The van der Waals surface area contributed by atoms with Crippen LogP contribution in [0.25, 0.3) is 17.4 Å². The van der Waals surface area contributed by atoms with E-state index < -0.39 is 12.0 Å². The predicted octanol–water partition coefficient (Wildman–Crippen LogP) is 4.72. The molecule has 0 aliphatic carbocycles. The molecule has 2 aromatic heterocycles. The van der Waals surface area contributed by atoms with E-state index in [-0.39, 0.29) is 12.2 Å². The van der Waals surface area contributed by atoms with Crippen molar-refractivity contribution in [2.75, 3.05) is 13.7 Å². The van der Waals surface area contributed by atoms with Crippen molar-refractivity contribution >= 4 is 35.0 Å². The number of fused-ring (bicyclic) bond motifs is 1. The number of halogens is 1. The quantitative estimate of drug-likeness (QED) is 0.334. The summed E-state index contributed by atoms with van der Waals surface area (Å²) in [5.74, 6) is 1.25. The topological polar surface area (TPSA) is 83.0 Å². The third kappa shape index (κ3) is 4.77. The van der Waals surface area contributed by atoms with E-state index in [1.807, 2.05) is 48.5 Å². The van der Waals surface area contributed by atoms with E-state index in [4.69, 9.17) is 25.5 Å². The van der Waals surface area contributed by atoms with Gasteiger partial charge in [0.2, 0.25) is 0 Å². The molecule has 7 nitrogen and oxygen atoms in total. The normalized spacial score (nSPS) is 15.4. The molecule has 0 saturated carbocycles. The molecule has 1 atom stereocenters. The van der Waals surface area contributed by atoms with Crippen molar-refractivity contribution < 1.29 is 18.7 Å². The molecule has 0 radical (unpaired) electrons. The van der Waals surface area contributed by atoms with Gasteiger partial charge >= 0.3 is 5.97 Å². The molecule has 0 N–H and O–H groups in total. The fourth-order valence-electron chi connectivity index (χ4n) is 4.28. The second-order valence-electron chi connectivity index (χ2n) is 8.29. The maximum Gasteiger partial charge on any atom is 0.338 e. The lowest BCUT2D eigenvalue weighted by Crippen LogP contribution is -2.39. The van der Waals surface area contributed by atoms with Crippen molar-refractivity contribution in [3.8, 4) is 17.1 Å². The number of carbonyl (C=O) groups excluding carboxylic acids is 1. The average Bonchev–Trinajstić information content (AvgIpc) is 3.48. The molecule has 37 heavy (non-hydrogen) atoms. The van der Waals surface area contributed by atoms with Crippen molar-refractivity contribution in [2.45, 2.75) is 19.9 Å². The molecule has 2 aromatic carbocycles. The smallest absolute Gasteiger partial charge is 0.338 e. The van der Waals surface area contributed by atoms with Gasteiger partial charge in [-0.25, -0.2) is 9.79 Å². The number of methoxy groups -OCH3 is 1. The molecule has 1 aliphatic rings. The highest BCUT2D eigenvalue weighted by Crippen LogP contribution is 2.32. The highest BCUT2D eigenvalue weighted by atomic mass is 35.5. The molecule has 188 valence electrons. The van der Waals surface area contributed by atoms with E-state index in [0.717, 1.165) is 5.56 Å². The van der Waals surface area contributed by atoms with E-state index in [9.17, 15) is 9.59 Å². The van der Waals surface area contributed by atoms with Crippen molar-refractivity contribution in [3.63, 3.8) is 0 Å². The Kier molecular flexibility index (Phi) is 6.86. The molecule has 5 rings (SSSR count). The minimum Gasteiger partial charge on any atom is -0.497 e. The van der Waals surface area contributed by atoms with Gasteiger partial charge in [-0.05, 0) is 55.8 Å². The Balaban J connectivity index is 1.65. The lowest BCUT2D eigenvalue weighted by atomic mass is 9.95. The average molecular weight is 535 g/mol. The minimum absolute atomic E-state index is 0.207. The third-order valence-electron chi connectivity index (χ3n) is 5.94. The summed E-state index contributed by atoms with van der Waals surface area (Å²) in [5, 5.41) is 0.606. The molecule has 9 heteroatoms. The highest BCUT2D eigenvalue weighted by molar-refractivity contribution is 7.07. The monoisotopic (exact) mass is 534 g/mol. The molecule has 4 aromatic rings. The Labute approximate surface area is 221 Å². The molecule has 0 saturated heterocycles. The van der Waals surface area contributed by atoms with E-state index in [1.54, 1.807) is 39.2 Å². The van der Waals surface area contributed by atoms with Crippen LogP contribution in [0.2, 0.25) is 5.02 Å². The lowest BCUT2D eigenvalue weighted by molar-refractivity contribution is -0.139. The van der Waals surface area contributed by atoms with Crippen molar-refractivity contribution in [1.29, 1.82) is 0 Å². The van der Waals surface area contributed by atoms with Crippen LogP contribution in [0.5, 0.6) is 5.75 Å². The maximum absolute atomic E-state index is 13.7. The molecular formula is C28H23ClN2O5S. The minimum atomic E-state index is -0.717. The largest absolute Gasteiger partial charge is 0.497 e. The predicted molar refractivity (Wildman–Crippen MR) is 143 cm³/mol. The standard InChI is InChI=1S/C28H23ClN2O5S/c1-4-35-27(33)24-16(2)30-28-31(25(24)18-8-6-10-20(14-18)34-3)26(32)23(37-28)15-21-11-12-22(36-21)17-7-5-9-19(29)13-17/h5-15,25H,4H2,1-3H3/t25-/m1/s1. The van der Waals surface area contributed by atoms with Gasteiger partial charge in [0.15, 0.2) is 4.80 Å². The first-order valence-electron chi connectivity index (χ1n) is 11.6. The first kappa shape index (κ1) is 24.8. The summed E-state index contributed by atoms with van der Waals surface area (Å²) in [5.41, 5.74) is 2.08. The Bertz CT molecular complexity index is 1710. The van der Waals surface area contributed by atoms with Gasteiger partial charge in [-0.1, -0.05) is 47.2 Å². The number of esters is 1. The fourth-order valence-corrected chi connectivity index (χ4v) is 5.49. The van der Waals surface area contributed by atoms with Crippen LogP contribution in [-0.4, -0.2) is 24.3 Å². The lowest BCUT2D eigenvalue weighted by Gasteiger charge is -2.24. The van der Waals surface area contributed by atoms with Gasteiger partial charge < -0.3 is 13.9 Å². The summed E-state index contributed by atoms with van der Waals surface area (Å²) < 4.78 is 18.7. The SMILES string of the molecule is CCOC(=O)C1=C(C)N=c2sc(=Cc3ccc(-c4cccc(Cl)c4)o3)c(=O)n2[C@@H]1c1cccc(OC)c1. The molecule has 0 unspecified atom stereocenters.